The van der Waals surface area contributed by atoms with Gasteiger partial charge in [0.1, 0.15) is 0 Å². The summed E-state index contributed by atoms with van der Waals surface area (Å²) in [4.78, 5) is 12.7. The number of para-hydroxylation sites is 1. The van der Waals surface area contributed by atoms with Gasteiger partial charge in [-0.15, -0.1) is 11.8 Å². The van der Waals surface area contributed by atoms with E-state index in [2.05, 4.69) is 64.7 Å². The van der Waals surface area contributed by atoms with Crippen LogP contribution < -0.4 is 4.90 Å². The molecule has 0 N–H and O–H groups in total. The van der Waals surface area contributed by atoms with Crippen LogP contribution in [-0.2, 0) is 6.42 Å². The van der Waals surface area contributed by atoms with Crippen LogP contribution in [0.4, 0.5) is 11.6 Å². The number of nitrogens with zero attached hydrogens (tertiary/aromatic N) is 3. The molecule has 0 fully saturated rings. The highest BCUT2D eigenvalue weighted by Gasteiger charge is 2.21. The van der Waals surface area contributed by atoms with E-state index in [4.69, 9.17) is 4.98 Å². The average molecular weight is 319 g/mol. The number of fused-ring (bicyclic) bond motifs is 1. The van der Waals surface area contributed by atoms with Gasteiger partial charge in [0.2, 0.25) is 5.95 Å². The van der Waals surface area contributed by atoms with Crippen molar-refractivity contribution in [3.05, 3.63) is 66.4 Å². The van der Waals surface area contributed by atoms with Crippen molar-refractivity contribution < 1.29 is 0 Å². The third kappa shape index (κ3) is 2.70. The normalized spacial score (nSPS) is 13.2. The second kappa shape index (κ2) is 6.05. The molecule has 0 amide bonds. The molecule has 0 aliphatic carbocycles. The molecule has 0 saturated carbocycles. The molecule has 1 aliphatic heterocycles. The van der Waals surface area contributed by atoms with E-state index in [0.717, 1.165) is 30.2 Å². The van der Waals surface area contributed by atoms with Crippen molar-refractivity contribution >= 4 is 23.4 Å². The Balaban J connectivity index is 1.69. The topological polar surface area (TPSA) is 29.0 Å². The van der Waals surface area contributed by atoms with E-state index in [-0.39, 0.29) is 0 Å². The first-order valence-corrected chi connectivity index (χ1v) is 8.90. The van der Waals surface area contributed by atoms with Gasteiger partial charge >= 0.3 is 0 Å². The molecule has 0 bridgehead atoms. The molecule has 0 atom stereocenters. The zero-order valence-corrected chi connectivity index (χ0v) is 13.8. The summed E-state index contributed by atoms with van der Waals surface area (Å²) in [6.45, 7) is 0.939. The molecule has 2 heterocycles. The summed E-state index contributed by atoms with van der Waals surface area (Å²) in [5.41, 5.74) is 4.68. The van der Waals surface area contributed by atoms with E-state index >= 15 is 0 Å². The molecule has 4 rings (SSSR count). The van der Waals surface area contributed by atoms with Crippen molar-refractivity contribution in [3.63, 3.8) is 0 Å². The predicted molar refractivity (Wildman–Crippen MR) is 96.4 cm³/mol. The first kappa shape index (κ1) is 14.3. The predicted octanol–water partition coefficient (Wildman–Crippen LogP) is 4.56. The molecule has 1 aliphatic rings. The maximum Gasteiger partial charge on any atom is 0.230 e. The van der Waals surface area contributed by atoms with Crippen molar-refractivity contribution in [2.75, 3.05) is 17.7 Å². The summed E-state index contributed by atoms with van der Waals surface area (Å²) >= 11 is 1.75. The van der Waals surface area contributed by atoms with Crippen LogP contribution in [0.5, 0.6) is 0 Å². The third-order valence-corrected chi connectivity index (χ3v) is 4.90. The average Bonchev–Trinajstić information content (AvgIpc) is 3.06. The second-order valence-corrected chi connectivity index (χ2v) is 6.38. The van der Waals surface area contributed by atoms with Crippen LogP contribution in [0.25, 0.3) is 11.3 Å². The summed E-state index contributed by atoms with van der Waals surface area (Å²) in [6.07, 6.45) is 4.98. The van der Waals surface area contributed by atoms with Gasteiger partial charge in [-0.2, -0.15) is 0 Å². The van der Waals surface area contributed by atoms with Crippen LogP contribution in [0.1, 0.15) is 5.56 Å². The molecular formula is C19H17N3S. The van der Waals surface area contributed by atoms with E-state index in [1.54, 1.807) is 11.8 Å². The van der Waals surface area contributed by atoms with Crippen molar-refractivity contribution in [1.82, 2.24) is 9.97 Å². The molecular weight excluding hydrogens is 302 g/mol. The molecule has 0 unspecified atom stereocenters. The largest absolute Gasteiger partial charge is 0.310 e. The number of anilines is 2. The van der Waals surface area contributed by atoms with Gasteiger partial charge in [0.05, 0.1) is 5.69 Å². The molecule has 114 valence electrons. The minimum atomic E-state index is 0.779. The Morgan fingerprint density at radius 1 is 1.00 bits per heavy atom. The number of aromatic nitrogens is 2. The van der Waals surface area contributed by atoms with Crippen LogP contribution in [0.15, 0.2) is 65.7 Å². The lowest BCUT2D eigenvalue weighted by molar-refractivity contribution is 0.941. The smallest absolute Gasteiger partial charge is 0.230 e. The molecule has 0 saturated heterocycles. The Labute approximate surface area is 140 Å². The van der Waals surface area contributed by atoms with Gasteiger partial charge in [-0.1, -0.05) is 30.3 Å². The van der Waals surface area contributed by atoms with Gasteiger partial charge in [0.25, 0.3) is 0 Å². The van der Waals surface area contributed by atoms with E-state index in [1.807, 2.05) is 12.3 Å². The van der Waals surface area contributed by atoms with Crippen LogP contribution >= 0.6 is 11.8 Å². The lowest BCUT2D eigenvalue weighted by Gasteiger charge is -2.17. The Kier molecular flexibility index (Phi) is 3.75. The van der Waals surface area contributed by atoms with Crippen molar-refractivity contribution in [3.8, 4) is 11.3 Å². The van der Waals surface area contributed by atoms with E-state index in [1.165, 1.54) is 16.1 Å². The van der Waals surface area contributed by atoms with Gasteiger partial charge in [-0.3, -0.25) is 0 Å². The highest BCUT2D eigenvalue weighted by atomic mass is 32.2. The number of benzene rings is 2. The van der Waals surface area contributed by atoms with Gasteiger partial charge in [0.15, 0.2) is 0 Å². The van der Waals surface area contributed by atoms with Gasteiger partial charge < -0.3 is 4.90 Å². The zero-order chi connectivity index (χ0) is 15.6. The van der Waals surface area contributed by atoms with E-state index in [9.17, 15) is 0 Å². The standard InChI is InChI=1S/C19H17N3S/c1-23-16-8-6-14(7-9-16)17-10-12-20-19(21-17)22-13-11-15-4-2-3-5-18(15)22/h2-10,12H,11,13H2,1H3. The highest BCUT2D eigenvalue weighted by Crippen LogP contribution is 2.33. The monoisotopic (exact) mass is 319 g/mol. The highest BCUT2D eigenvalue weighted by molar-refractivity contribution is 7.98. The quantitative estimate of drug-likeness (QED) is 0.662. The number of thioether (sulfide) groups is 1. The molecule has 0 spiro atoms. The van der Waals surface area contributed by atoms with Gasteiger partial charge in [0, 0.05) is 28.9 Å². The Bertz CT molecular complexity index is 830. The fourth-order valence-corrected chi connectivity index (χ4v) is 3.36. The summed E-state index contributed by atoms with van der Waals surface area (Å²) in [5, 5.41) is 0. The maximum absolute atomic E-state index is 4.79. The number of hydrogen-bond donors (Lipinski definition) is 0. The van der Waals surface area contributed by atoms with Gasteiger partial charge in [-0.05, 0) is 42.5 Å². The third-order valence-electron chi connectivity index (χ3n) is 4.16. The second-order valence-electron chi connectivity index (χ2n) is 5.50. The minimum Gasteiger partial charge on any atom is -0.310 e. The van der Waals surface area contributed by atoms with Crippen molar-refractivity contribution in [1.29, 1.82) is 0 Å². The van der Waals surface area contributed by atoms with Crippen LogP contribution in [0, 0.1) is 0 Å². The fraction of sp³-hybridized carbons (Fsp3) is 0.158. The van der Waals surface area contributed by atoms with Crippen LogP contribution in [0.3, 0.4) is 0 Å². The number of rotatable bonds is 3. The Hall–Kier alpha value is -2.33. The van der Waals surface area contributed by atoms with E-state index < -0.39 is 0 Å². The van der Waals surface area contributed by atoms with Crippen molar-refractivity contribution in [2.45, 2.75) is 11.3 Å². The molecule has 4 heteroatoms. The zero-order valence-electron chi connectivity index (χ0n) is 12.9. The van der Waals surface area contributed by atoms with Gasteiger partial charge in [-0.25, -0.2) is 9.97 Å². The first-order chi connectivity index (χ1) is 11.3. The Morgan fingerprint density at radius 2 is 1.83 bits per heavy atom. The van der Waals surface area contributed by atoms with Crippen LogP contribution in [-0.4, -0.2) is 22.8 Å². The Morgan fingerprint density at radius 3 is 2.65 bits per heavy atom. The maximum atomic E-state index is 4.79. The molecule has 2 aromatic carbocycles. The lowest BCUT2D eigenvalue weighted by atomic mass is 10.1. The fourth-order valence-electron chi connectivity index (χ4n) is 2.95. The molecule has 3 nitrogen and oxygen atoms in total. The summed E-state index contributed by atoms with van der Waals surface area (Å²) in [7, 11) is 0. The molecule has 1 aromatic heterocycles. The molecule has 3 aromatic rings. The summed E-state index contributed by atoms with van der Waals surface area (Å²) in [6, 6.07) is 19.0. The SMILES string of the molecule is CSc1ccc(-c2ccnc(N3CCc4ccccc43)n2)cc1. The lowest BCUT2D eigenvalue weighted by Crippen LogP contribution is -2.16. The van der Waals surface area contributed by atoms with Crippen LogP contribution in [0.2, 0.25) is 0 Å². The van der Waals surface area contributed by atoms with E-state index in [0.29, 0.717) is 0 Å². The molecule has 23 heavy (non-hydrogen) atoms. The summed E-state index contributed by atoms with van der Waals surface area (Å²) < 4.78 is 0. The minimum absolute atomic E-state index is 0.779. The number of hydrogen-bond acceptors (Lipinski definition) is 4. The van der Waals surface area contributed by atoms with Crippen molar-refractivity contribution in [2.24, 2.45) is 0 Å². The molecule has 0 radical (unpaired) electrons. The first-order valence-electron chi connectivity index (χ1n) is 7.68. The summed E-state index contributed by atoms with van der Waals surface area (Å²) in [5.74, 6) is 0.779.